The summed E-state index contributed by atoms with van der Waals surface area (Å²) < 4.78 is 2.02. The number of halogens is 1. The molecule has 0 radical (unpaired) electrons. The Bertz CT molecular complexity index is 651. The van der Waals surface area contributed by atoms with E-state index in [2.05, 4.69) is 26.3 Å². The van der Waals surface area contributed by atoms with Gasteiger partial charge in [-0.05, 0) is 40.2 Å². The second kappa shape index (κ2) is 5.23. The molecule has 1 aromatic heterocycles. The first-order valence-electron chi connectivity index (χ1n) is 5.31. The van der Waals surface area contributed by atoms with Crippen LogP contribution < -0.4 is 5.32 Å². The fourth-order valence-corrected chi connectivity index (χ4v) is 1.95. The predicted molar refractivity (Wildman–Crippen MR) is 72.3 cm³/mol. The van der Waals surface area contributed by atoms with Crippen molar-refractivity contribution in [2.45, 2.75) is 0 Å². The van der Waals surface area contributed by atoms with E-state index >= 15 is 0 Å². The normalized spacial score (nSPS) is 10.2. The van der Waals surface area contributed by atoms with E-state index in [-0.39, 0.29) is 17.2 Å². The molecule has 2 N–H and O–H groups in total. The minimum absolute atomic E-state index is 0.141. The van der Waals surface area contributed by atoms with Crippen LogP contribution in [-0.2, 0) is 7.05 Å². The largest absolute Gasteiger partial charge is 0.478 e. The van der Waals surface area contributed by atoms with Gasteiger partial charge < -0.3 is 10.4 Å². The summed E-state index contributed by atoms with van der Waals surface area (Å²) in [4.78, 5) is 22.7. The Balaban J connectivity index is 2.20. The van der Waals surface area contributed by atoms with Crippen molar-refractivity contribution in [2.75, 3.05) is 5.32 Å². The molecule has 0 aliphatic rings. The van der Waals surface area contributed by atoms with E-state index in [0.29, 0.717) is 10.2 Å². The minimum Gasteiger partial charge on any atom is -0.478 e. The number of benzene rings is 1. The number of carboxylic acid groups (broad SMARTS) is 1. The number of aromatic carboxylic acids is 1. The maximum absolute atomic E-state index is 11.9. The van der Waals surface area contributed by atoms with Crippen LogP contribution in [0.2, 0.25) is 0 Å². The van der Waals surface area contributed by atoms with Crippen molar-refractivity contribution in [1.29, 1.82) is 0 Å². The monoisotopic (exact) mass is 323 g/mol. The number of amides is 1. The van der Waals surface area contributed by atoms with Crippen molar-refractivity contribution >= 4 is 33.5 Å². The Morgan fingerprint density at radius 2 is 2.11 bits per heavy atom. The molecule has 1 aromatic carbocycles. The molecule has 0 spiro atoms. The van der Waals surface area contributed by atoms with Gasteiger partial charge in [-0.2, -0.15) is 5.10 Å². The van der Waals surface area contributed by atoms with Crippen LogP contribution in [0.5, 0.6) is 0 Å². The number of rotatable bonds is 3. The second-order valence-corrected chi connectivity index (χ2v) is 4.68. The molecular weight excluding hydrogens is 314 g/mol. The molecule has 7 heteroatoms. The summed E-state index contributed by atoms with van der Waals surface area (Å²) in [5, 5.41) is 15.5. The smallest absolute Gasteiger partial charge is 0.335 e. The van der Waals surface area contributed by atoms with Crippen LogP contribution in [0.3, 0.4) is 0 Å². The second-order valence-electron chi connectivity index (χ2n) is 3.83. The zero-order valence-electron chi connectivity index (χ0n) is 9.92. The molecule has 0 bridgehead atoms. The van der Waals surface area contributed by atoms with Crippen LogP contribution in [0.25, 0.3) is 0 Å². The summed E-state index contributed by atoms with van der Waals surface area (Å²) in [6.07, 6.45) is 1.66. The van der Waals surface area contributed by atoms with E-state index in [9.17, 15) is 9.59 Å². The first-order valence-corrected chi connectivity index (χ1v) is 6.10. The SMILES string of the molecule is Cn1ccc(C(=O)Nc2ccc(C(=O)O)cc2Br)n1. The van der Waals surface area contributed by atoms with Crippen LogP contribution in [0.4, 0.5) is 5.69 Å². The zero-order chi connectivity index (χ0) is 14.0. The first kappa shape index (κ1) is 13.3. The van der Waals surface area contributed by atoms with Crippen molar-refractivity contribution in [3.63, 3.8) is 0 Å². The number of carbonyl (C=O) groups is 2. The Kier molecular flexibility index (Phi) is 3.66. The maximum atomic E-state index is 11.9. The van der Waals surface area contributed by atoms with E-state index in [1.165, 1.54) is 22.9 Å². The minimum atomic E-state index is -1.02. The molecule has 0 atom stereocenters. The van der Waals surface area contributed by atoms with Crippen molar-refractivity contribution in [1.82, 2.24) is 9.78 Å². The summed E-state index contributed by atoms with van der Waals surface area (Å²) in [7, 11) is 1.72. The first-order chi connectivity index (χ1) is 8.97. The van der Waals surface area contributed by atoms with Crippen molar-refractivity contribution < 1.29 is 14.7 Å². The van der Waals surface area contributed by atoms with Gasteiger partial charge in [0.1, 0.15) is 0 Å². The molecule has 19 heavy (non-hydrogen) atoms. The number of nitrogens with zero attached hydrogens (tertiary/aromatic N) is 2. The highest BCUT2D eigenvalue weighted by molar-refractivity contribution is 9.10. The fraction of sp³-hybridized carbons (Fsp3) is 0.0833. The highest BCUT2D eigenvalue weighted by atomic mass is 79.9. The Labute approximate surface area is 117 Å². The predicted octanol–water partition coefficient (Wildman–Crippen LogP) is 2.13. The Morgan fingerprint density at radius 3 is 2.63 bits per heavy atom. The van der Waals surface area contributed by atoms with Crippen LogP contribution >= 0.6 is 15.9 Å². The summed E-state index contributed by atoms with van der Waals surface area (Å²) >= 11 is 3.22. The van der Waals surface area contributed by atoms with Crippen LogP contribution in [0.15, 0.2) is 34.9 Å². The van der Waals surface area contributed by atoms with E-state index in [1.54, 1.807) is 19.3 Å². The van der Waals surface area contributed by atoms with Crippen LogP contribution in [-0.4, -0.2) is 26.8 Å². The lowest BCUT2D eigenvalue weighted by Gasteiger charge is -2.06. The highest BCUT2D eigenvalue weighted by Gasteiger charge is 2.12. The number of nitrogens with one attached hydrogen (secondary N) is 1. The van der Waals surface area contributed by atoms with Gasteiger partial charge in [0.2, 0.25) is 0 Å². The molecule has 0 saturated heterocycles. The van der Waals surface area contributed by atoms with E-state index in [4.69, 9.17) is 5.11 Å². The number of hydrogen-bond donors (Lipinski definition) is 2. The molecule has 2 rings (SSSR count). The number of hydrogen-bond acceptors (Lipinski definition) is 3. The Morgan fingerprint density at radius 1 is 1.37 bits per heavy atom. The Hall–Kier alpha value is -2.15. The van der Waals surface area contributed by atoms with Gasteiger partial charge in [-0.25, -0.2) is 4.79 Å². The number of carbonyl (C=O) groups excluding carboxylic acids is 1. The summed E-state index contributed by atoms with van der Waals surface area (Å²) in [5.74, 6) is -1.38. The van der Waals surface area contributed by atoms with Gasteiger partial charge in [0.05, 0.1) is 11.3 Å². The third kappa shape index (κ3) is 3.00. The molecule has 0 fully saturated rings. The molecule has 0 aliphatic heterocycles. The van der Waals surface area contributed by atoms with Gasteiger partial charge in [-0.1, -0.05) is 0 Å². The number of aryl methyl sites for hydroxylation is 1. The fourth-order valence-electron chi connectivity index (χ4n) is 1.47. The molecule has 6 nitrogen and oxygen atoms in total. The van der Waals surface area contributed by atoms with Crippen molar-refractivity contribution in [2.24, 2.45) is 7.05 Å². The van der Waals surface area contributed by atoms with Gasteiger partial charge in [0.15, 0.2) is 5.69 Å². The molecule has 1 amide bonds. The molecule has 1 heterocycles. The third-order valence-corrected chi connectivity index (χ3v) is 3.07. The lowest BCUT2D eigenvalue weighted by molar-refractivity contribution is 0.0696. The van der Waals surface area contributed by atoms with E-state index in [1.807, 2.05) is 0 Å². The van der Waals surface area contributed by atoms with Crippen LogP contribution in [0.1, 0.15) is 20.8 Å². The topological polar surface area (TPSA) is 84.2 Å². The number of anilines is 1. The standard InChI is InChI=1S/C12H10BrN3O3/c1-16-5-4-10(15-16)11(17)14-9-3-2-7(12(18)19)6-8(9)13/h2-6H,1H3,(H,14,17)(H,18,19). The maximum Gasteiger partial charge on any atom is 0.335 e. The molecule has 0 aliphatic carbocycles. The molecule has 0 unspecified atom stereocenters. The molecule has 0 saturated carbocycles. The summed E-state index contributed by atoms with van der Waals surface area (Å²) in [6, 6.07) is 5.96. The van der Waals surface area contributed by atoms with Gasteiger partial charge >= 0.3 is 5.97 Å². The van der Waals surface area contributed by atoms with Crippen LogP contribution in [0, 0.1) is 0 Å². The number of carboxylic acids is 1. The van der Waals surface area contributed by atoms with Crippen molar-refractivity contribution in [3.8, 4) is 0 Å². The third-order valence-electron chi connectivity index (χ3n) is 2.41. The highest BCUT2D eigenvalue weighted by Crippen LogP contribution is 2.24. The average Bonchev–Trinajstić information content (AvgIpc) is 2.78. The van der Waals surface area contributed by atoms with E-state index in [0.717, 1.165) is 0 Å². The molecule has 98 valence electrons. The zero-order valence-corrected chi connectivity index (χ0v) is 11.5. The lowest BCUT2D eigenvalue weighted by atomic mass is 10.2. The van der Waals surface area contributed by atoms with Gasteiger partial charge in [0.25, 0.3) is 5.91 Å². The molecule has 2 aromatic rings. The average molecular weight is 324 g/mol. The number of aromatic nitrogens is 2. The lowest BCUT2D eigenvalue weighted by Crippen LogP contribution is -2.13. The van der Waals surface area contributed by atoms with Gasteiger partial charge in [-0.3, -0.25) is 9.48 Å². The van der Waals surface area contributed by atoms with Crippen molar-refractivity contribution in [3.05, 3.63) is 46.2 Å². The molecular formula is C12H10BrN3O3. The summed E-state index contributed by atoms with van der Waals surface area (Å²) in [6.45, 7) is 0. The summed E-state index contributed by atoms with van der Waals surface area (Å²) in [5.41, 5.74) is 0.917. The van der Waals surface area contributed by atoms with Gasteiger partial charge in [-0.15, -0.1) is 0 Å². The quantitative estimate of drug-likeness (QED) is 0.906. The van der Waals surface area contributed by atoms with E-state index < -0.39 is 5.97 Å². The van der Waals surface area contributed by atoms with Gasteiger partial charge in [0, 0.05) is 17.7 Å².